The number of rotatable bonds is 5. The predicted octanol–water partition coefficient (Wildman–Crippen LogP) is 3.52. The van der Waals surface area contributed by atoms with Crippen molar-refractivity contribution in [2.75, 3.05) is 37.7 Å². The molecule has 2 atom stereocenters. The number of thioether (sulfide) groups is 1. The molecule has 0 bridgehead atoms. The fourth-order valence-electron chi connectivity index (χ4n) is 3.93. The normalized spacial score (nSPS) is 23.1. The van der Waals surface area contributed by atoms with E-state index in [1.54, 1.807) is 0 Å². The molecule has 6 heteroatoms. The summed E-state index contributed by atoms with van der Waals surface area (Å²) in [4.78, 5) is 29.8. The van der Waals surface area contributed by atoms with Crippen molar-refractivity contribution in [2.24, 2.45) is 5.92 Å². The monoisotopic (exact) mass is 389 g/mol. The van der Waals surface area contributed by atoms with Gasteiger partial charge in [0, 0.05) is 37.7 Å². The second-order valence-corrected chi connectivity index (χ2v) is 8.60. The van der Waals surface area contributed by atoms with Crippen LogP contribution in [0.3, 0.4) is 0 Å². The molecule has 0 radical (unpaired) electrons. The largest absolute Gasteiger partial charge is 0.341 e. The van der Waals surface area contributed by atoms with Crippen LogP contribution in [0, 0.1) is 5.92 Å². The standard InChI is InChI=1S/C21H31N3O2S/c1-2-3-11-22-21(26)24-16-18(20(25)23-12-14-27-15-13-23)9-10-19(24)17-7-5-4-6-8-17/h4-8,18-19H,2-3,9-16H2,1H3,(H,22,26). The molecule has 5 nitrogen and oxygen atoms in total. The number of piperidine rings is 1. The van der Waals surface area contributed by atoms with Crippen LogP contribution >= 0.6 is 11.8 Å². The summed E-state index contributed by atoms with van der Waals surface area (Å²) in [5, 5.41) is 3.05. The molecule has 0 spiro atoms. The molecule has 2 unspecified atom stereocenters. The molecule has 0 saturated carbocycles. The van der Waals surface area contributed by atoms with E-state index in [2.05, 4.69) is 24.4 Å². The number of hydrogen-bond acceptors (Lipinski definition) is 3. The summed E-state index contributed by atoms with van der Waals surface area (Å²) in [6.45, 7) is 5.00. The zero-order valence-corrected chi connectivity index (χ0v) is 17.0. The number of nitrogens with zero attached hydrogens (tertiary/aromatic N) is 2. The zero-order chi connectivity index (χ0) is 19.1. The molecule has 2 fully saturated rings. The number of amides is 3. The van der Waals surface area contributed by atoms with Gasteiger partial charge in [-0.2, -0.15) is 11.8 Å². The molecule has 0 aromatic heterocycles. The van der Waals surface area contributed by atoms with Gasteiger partial charge in [-0.3, -0.25) is 4.79 Å². The van der Waals surface area contributed by atoms with Crippen LogP contribution in [-0.2, 0) is 4.79 Å². The molecule has 2 aliphatic heterocycles. The van der Waals surface area contributed by atoms with E-state index < -0.39 is 0 Å². The summed E-state index contributed by atoms with van der Waals surface area (Å²) in [6, 6.07) is 10.2. The Morgan fingerprint density at radius 1 is 1.15 bits per heavy atom. The summed E-state index contributed by atoms with van der Waals surface area (Å²) >= 11 is 1.91. The van der Waals surface area contributed by atoms with Gasteiger partial charge in [0.1, 0.15) is 0 Å². The van der Waals surface area contributed by atoms with E-state index in [1.165, 1.54) is 0 Å². The van der Waals surface area contributed by atoms with Crippen LogP contribution in [0.25, 0.3) is 0 Å². The molecular formula is C21H31N3O2S. The van der Waals surface area contributed by atoms with Crippen molar-refractivity contribution in [3.63, 3.8) is 0 Å². The number of hydrogen-bond donors (Lipinski definition) is 1. The van der Waals surface area contributed by atoms with E-state index in [0.29, 0.717) is 13.1 Å². The van der Waals surface area contributed by atoms with Gasteiger partial charge in [-0.1, -0.05) is 43.7 Å². The number of urea groups is 1. The van der Waals surface area contributed by atoms with E-state index in [1.807, 2.05) is 39.8 Å². The van der Waals surface area contributed by atoms with Crippen molar-refractivity contribution in [3.05, 3.63) is 35.9 Å². The third kappa shape index (κ3) is 5.18. The first-order chi connectivity index (χ1) is 13.2. The molecule has 3 rings (SSSR count). The van der Waals surface area contributed by atoms with Gasteiger partial charge in [0.2, 0.25) is 5.91 Å². The Labute approximate surface area is 166 Å². The maximum absolute atomic E-state index is 13.0. The Kier molecular flexibility index (Phi) is 7.44. The molecule has 1 aromatic carbocycles. The highest BCUT2D eigenvalue weighted by Gasteiger charge is 2.37. The fourth-order valence-corrected chi connectivity index (χ4v) is 4.84. The third-order valence-electron chi connectivity index (χ3n) is 5.51. The Morgan fingerprint density at radius 3 is 2.59 bits per heavy atom. The van der Waals surface area contributed by atoms with Gasteiger partial charge in [0.15, 0.2) is 0 Å². The number of likely N-dealkylation sites (tertiary alicyclic amines) is 1. The van der Waals surface area contributed by atoms with E-state index in [-0.39, 0.29) is 23.9 Å². The topological polar surface area (TPSA) is 52.7 Å². The van der Waals surface area contributed by atoms with Gasteiger partial charge in [-0.05, 0) is 24.8 Å². The highest BCUT2D eigenvalue weighted by Crippen LogP contribution is 2.34. The van der Waals surface area contributed by atoms with Gasteiger partial charge < -0.3 is 15.1 Å². The van der Waals surface area contributed by atoms with Crippen molar-refractivity contribution >= 4 is 23.7 Å². The zero-order valence-electron chi connectivity index (χ0n) is 16.2. The minimum atomic E-state index is -0.0787. The van der Waals surface area contributed by atoms with Crippen LogP contribution < -0.4 is 5.32 Å². The number of benzene rings is 1. The van der Waals surface area contributed by atoms with Crippen LogP contribution in [0.15, 0.2) is 30.3 Å². The molecule has 148 valence electrons. The molecule has 2 aliphatic rings. The van der Waals surface area contributed by atoms with E-state index in [0.717, 1.165) is 55.8 Å². The maximum atomic E-state index is 13.0. The van der Waals surface area contributed by atoms with E-state index in [9.17, 15) is 9.59 Å². The lowest BCUT2D eigenvalue weighted by molar-refractivity contribution is -0.137. The quantitative estimate of drug-likeness (QED) is 0.784. The first-order valence-corrected chi connectivity index (χ1v) is 11.3. The van der Waals surface area contributed by atoms with E-state index >= 15 is 0 Å². The lowest BCUT2D eigenvalue weighted by Crippen LogP contribution is -2.52. The number of unbranched alkanes of at least 4 members (excludes halogenated alkanes) is 1. The predicted molar refractivity (Wildman–Crippen MR) is 111 cm³/mol. The average Bonchev–Trinajstić information content (AvgIpc) is 2.74. The Hall–Kier alpha value is -1.69. The minimum absolute atomic E-state index is 0.0380. The van der Waals surface area contributed by atoms with Crippen molar-refractivity contribution < 1.29 is 9.59 Å². The molecular weight excluding hydrogens is 358 g/mol. The molecule has 1 aromatic rings. The molecule has 0 aliphatic carbocycles. The van der Waals surface area contributed by atoms with Gasteiger partial charge in [0.25, 0.3) is 0 Å². The fraction of sp³-hybridized carbons (Fsp3) is 0.619. The van der Waals surface area contributed by atoms with Crippen molar-refractivity contribution in [2.45, 2.75) is 38.6 Å². The smallest absolute Gasteiger partial charge is 0.317 e. The lowest BCUT2D eigenvalue weighted by atomic mass is 9.88. The van der Waals surface area contributed by atoms with Gasteiger partial charge in [0.05, 0.1) is 12.0 Å². The first kappa shape index (κ1) is 20.1. The Morgan fingerprint density at radius 2 is 1.89 bits per heavy atom. The van der Waals surface area contributed by atoms with Gasteiger partial charge >= 0.3 is 6.03 Å². The second kappa shape index (κ2) is 10.0. The lowest BCUT2D eigenvalue weighted by Gasteiger charge is -2.41. The summed E-state index contributed by atoms with van der Waals surface area (Å²) in [6.07, 6.45) is 3.71. The van der Waals surface area contributed by atoms with Crippen LogP contribution in [0.5, 0.6) is 0 Å². The first-order valence-electron chi connectivity index (χ1n) is 10.2. The summed E-state index contributed by atoms with van der Waals surface area (Å²) in [5.41, 5.74) is 1.16. The molecule has 27 heavy (non-hydrogen) atoms. The minimum Gasteiger partial charge on any atom is -0.341 e. The number of carbonyl (C=O) groups is 2. The summed E-state index contributed by atoms with van der Waals surface area (Å²) < 4.78 is 0. The highest BCUT2D eigenvalue weighted by molar-refractivity contribution is 7.99. The van der Waals surface area contributed by atoms with Crippen LogP contribution in [0.2, 0.25) is 0 Å². The number of carbonyl (C=O) groups excluding carboxylic acids is 2. The third-order valence-corrected chi connectivity index (χ3v) is 6.45. The molecule has 2 saturated heterocycles. The summed E-state index contributed by atoms with van der Waals surface area (Å²) in [5.74, 6) is 2.19. The van der Waals surface area contributed by atoms with Gasteiger partial charge in [-0.15, -0.1) is 0 Å². The van der Waals surface area contributed by atoms with E-state index in [4.69, 9.17) is 0 Å². The van der Waals surface area contributed by atoms with Crippen molar-refractivity contribution in [1.82, 2.24) is 15.1 Å². The highest BCUT2D eigenvalue weighted by atomic mass is 32.2. The van der Waals surface area contributed by atoms with Crippen LogP contribution in [0.4, 0.5) is 4.79 Å². The molecule has 2 heterocycles. The Balaban J connectivity index is 1.71. The SMILES string of the molecule is CCCCNC(=O)N1CC(C(=O)N2CCSCC2)CCC1c1ccccc1. The van der Waals surface area contributed by atoms with Gasteiger partial charge in [-0.25, -0.2) is 4.79 Å². The van der Waals surface area contributed by atoms with Crippen LogP contribution in [0.1, 0.15) is 44.2 Å². The summed E-state index contributed by atoms with van der Waals surface area (Å²) in [7, 11) is 0. The molecule has 1 N–H and O–H groups in total. The second-order valence-electron chi connectivity index (χ2n) is 7.38. The maximum Gasteiger partial charge on any atom is 0.317 e. The van der Waals surface area contributed by atoms with Crippen LogP contribution in [-0.4, -0.2) is 59.4 Å². The van der Waals surface area contributed by atoms with Crippen molar-refractivity contribution in [3.8, 4) is 0 Å². The average molecular weight is 390 g/mol. The molecule has 3 amide bonds. The number of nitrogens with one attached hydrogen (secondary N) is 1. The van der Waals surface area contributed by atoms with Crippen molar-refractivity contribution in [1.29, 1.82) is 0 Å². The Bertz CT molecular complexity index is 619.